The molecule has 0 saturated carbocycles. The molecule has 0 N–H and O–H groups in total. The van der Waals surface area contributed by atoms with Crippen molar-refractivity contribution in [2.75, 3.05) is 36.8 Å². The molecule has 1 aromatic heterocycles. The molecule has 2 rings (SSSR count). The lowest BCUT2D eigenvalue weighted by molar-refractivity contribution is -0.135. The summed E-state index contributed by atoms with van der Waals surface area (Å²) in [5, 5.41) is 3.25. The van der Waals surface area contributed by atoms with Crippen molar-refractivity contribution in [2.45, 2.75) is 19.4 Å². The van der Waals surface area contributed by atoms with Gasteiger partial charge in [-0.05, 0) is 50.0 Å². The fourth-order valence-electron chi connectivity index (χ4n) is 1.89. The number of pyridine rings is 1. The molecule has 0 aromatic carbocycles. The number of carbonyl (C=O) groups excluding carboxylic acids is 1. The van der Waals surface area contributed by atoms with E-state index in [1.807, 2.05) is 26.0 Å². The second-order valence-electron chi connectivity index (χ2n) is 6.50. The van der Waals surface area contributed by atoms with Gasteiger partial charge in [0.25, 0.3) is 5.91 Å². The lowest BCUT2D eigenvalue weighted by Crippen LogP contribution is -2.52. The van der Waals surface area contributed by atoms with Crippen LogP contribution in [0.15, 0.2) is 18.3 Å². The number of amides is 1. The van der Waals surface area contributed by atoms with Gasteiger partial charge >= 0.3 is 0 Å². The summed E-state index contributed by atoms with van der Waals surface area (Å²) in [7, 11) is -0.847. The average Bonchev–Trinajstić information content (AvgIpc) is 2.39. The molecule has 114 valence electrons. The number of hydrogen-bond donors (Lipinski definition) is 0. The zero-order valence-corrected chi connectivity index (χ0v) is 14.1. The highest BCUT2D eigenvalue weighted by Crippen LogP contribution is 2.32. The quantitative estimate of drug-likeness (QED) is 0.747. The summed E-state index contributed by atoms with van der Waals surface area (Å²) in [5.74, 6) is 3.74. The minimum atomic E-state index is -0.847. The number of anilines is 1. The molecule has 1 amide bonds. The summed E-state index contributed by atoms with van der Waals surface area (Å²) in [6, 6.07) is 3.76. The fraction of sp³-hybridized carbons (Fsp3) is 0.500. The molecule has 0 radical (unpaired) electrons. The van der Waals surface area contributed by atoms with Crippen LogP contribution in [0.4, 0.5) is 5.82 Å². The second kappa shape index (κ2) is 5.70. The van der Waals surface area contributed by atoms with Gasteiger partial charge in [-0.25, -0.2) is 4.98 Å². The van der Waals surface area contributed by atoms with Crippen molar-refractivity contribution < 1.29 is 9.53 Å². The Kier molecular flexibility index (Phi) is 4.31. The largest absolute Gasteiger partial charge is 0.364 e. The lowest BCUT2D eigenvalue weighted by atomic mass is 10.1. The molecule has 0 unspecified atom stereocenters. The van der Waals surface area contributed by atoms with Gasteiger partial charge in [0, 0.05) is 11.8 Å². The smallest absolute Gasteiger partial charge is 0.254 e. The second-order valence-corrected chi connectivity index (χ2v) is 10.4. The molecule has 2 heterocycles. The van der Waals surface area contributed by atoms with E-state index >= 15 is 0 Å². The zero-order valence-electron chi connectivity index (χ0n) is 13.3. The molecule has 1 fully saturated rings. The summed E-state index contributed by atoms with van der Waals surface area (Å²) in [6.07, 6.45) is 8.17. The molecule has 1 aromatic rings. The minimum Gasteiger partial charge on any atom is -0.364 e. The lowest BCUT2D eigenvalue weighted by Gasteiger charge is -2.37. The molecule has 0 spiro atoms. The third-order valence-corrected chi connectivity index (χ3v) is 3.67. The van der Waals surface area contributed by atoms with Crippen LogP contribution in [0.2, 0.25) is 0 Å². The highest BCUT2D eigenvalue weighted by molar-refractivity contribution is 8.35. The summed E-state index contributed by atoms with van der Waals surface area (Å²) in [4.78, 5) is 18.0. The molecule has 0 atom stereocenters. The highest BCUT2D eigenvalue weighted by Gasteiger charge is 2.33. The van der Waals surface area contributed by atoms with E-state index in [9.17, 15) is 4.79 Å². The van der Waals surface area contributed by atoms with Crippen LogP contribution in [0, 0.1) is 11.2 Å². The molecule has 1 aliphatic heterocycles. The van der Waals surface area contributed by atoms with E-state index in [1.165, 1.54) is 0 Å². The molecule has 21 heavy (non-hydrogen) atoms. The summed E-state index contributed by atoms with van der Waals surface area (Å²) >= 11 is 0. The molecule has 0 bridgehead atoms. The Labute approximate surface area is 128 Å². The number of rotatable bonds is 1. The Balaban J connectivity index is 2.18. The van der Waals surface area contributed by atoms with Crippen molar-refractivity contribution in [1.82, 2.24) is 4.98 Å². The number of morpholine rings is 1. The van der Waals surface area contributed by atoms with Gasteiger partial charge < -0.3 is 4.74 Å². The summed E-state index contributed by atoms with van der Waals surface area (Å²) < 4.78 is 5.49. The number of carbonyl (C=O) groups is 1. The van der Waals surface area contributed by atoms with Crippen LogP contribution in [-0.2, 0) is 9.53 Å². The van der Waals surface area contributed by atoms with Gasteiger partial charge in [-0.3, -0.25) is 9.69 Å². The predicted molar refractivity (Wildman–Crippen MR) is 88.9 cm³/mol. The fourth-order valence-corrected chi connectivity index (χ4v) is 2.31. The average molecular weight is 306 g/mol. The number of nitrogens with zero attached hydrogens (tertiary/aromatic N) is 2. The first kappa shape index (κ1) is 15.9. The minimum absolute atomic E-state index is 0.0557. The van der Waals surface area contributed by atoms with E-state index in [2.05, 4.69) is 34.9 Å². The Morgan fingerprint density at radius 3 is 2.62 bits per heavy atom. The first-order valence-electron chi connectivity index (χ1n) is 6.78. The topological polar surface area (TPSA) is 42.4 Å². The molecule has 5 heteroatoms. The summed E-state index contributed by atoms with van der Waals surface area (Å²) in [5.41, 5.74) is 0.532. The van der Waals surface area contributed by atoms with E-state index in [-0.39, 0.29) is 18.1 Å². The highest BCUT2D eigenvalue weighted by atomic mass is 32.3. The van der Waals surface area contributed by atoms with Gasteiger partial charge in [-0.1, -0.05) is 5.92 Å². The van der Waals surface area contributed by atoms with Crippen LogP contribution in [0.25, 0.3) is 0 Å². The van der Waals surface area contributed by atoms with Crippen molar-refractivity contribution >= 4 is 21.8 Å². The molecule has 1 saturated heterocycles. The Morgan fingerprint density at radius 1 is 1.33 bits per heavy atom. The van der Waals surface area contributed by atoms with Gasteiger partial charge in [0.15, 0.2) is 0 Å². The normalized spacial score (nSPS) is 18.9. The maximum absolute atomic E-state index is 12.0. The van der Waals surface area contributed by atoms with E-state index in [0.29, 0.717) is 12.4 Å². The monoisotopic (exact) mass is 306 g/mol. The van der Waals surface area contributed by atoms with Crippen LogP contribution >= 0.6 is 10.0 Å². The molecular weight excluding hydrogens is 284 g/mol. The van der Waals surface area contributed by atoms with Crippen LogP contribution < -0.4 is 4.90 Å². The van der Waals surface area contributed by atoms with Gasteiger partial charge in [0.2, 0.25) is 0 Å². The van der Waals surface area contributed by atoms with Crippen LogP contribution in [0.5, 0.6) is 0 Å². The van der Waals surface area contributed by atoms with Crippen molar-refractivity contribution in [3.63, 3.8) is 0 Å². The molecule has 1 aliphatic rings. The third-order valence-electron chi connectivity index (χ3n) is 2.95. The van der Waals surface area contributed by atoms with Crippen LogP contribution in [0.3, 0.4) is 0 Å². The molecular formula is C16H22N2O2S. The SMILES string of the molecule is CC1(C)CN(c2ccc(C#CS(C)(C)C)cn2)C(=O)CO1. The van der Waals surface area contributed by atoms with E-state index < -0.39 is 10.0 Å². The number of hydrogen-bond acceptors (Lipinski definition) is 3. The number of aromatic nitrogens is 1. The van der Waals surface area contributed by atoms with E-state index in [4.69, 9.17) is 4.74 Å². The first-order chi connectivity index (χ1) is 9.66. The maximum atomic E-state index is 12.0. The Hall–Kier alpha value is -1.51. The third kappa shape index (κ3) is 4.48. The summed E-state index contributed by atoms with van der Waals surface area (Å²) in [6.45, 7) is 4.55. The van der Waals surface area contributed by atoms with E-state index in [1.54, 1.807) is 11.1 Å². The van der Waals surface area contributed by atoms with Gasteiger partial charge in [0.05, 0.1) is 12.1 Å². The Bertz CT molecular complexity index is 591. The van der Waals surface area contributed by atoms with Crippen molar-refractivity contribution in [1.29, 1.82) is 0 Å². The standard InChI is InChI=1S/C16H22N2O2S/c1-16(2)12-18(15(19)11-20-16)14-7-6-13(10-17-14)8-9-21(3,4)5/h6-7,10H,11-12H2,1-5H3. The predicted octanol–water partition coefficient (Wildman–Crippen LogP) is 2.23. The first-order valence-corrected chi connectivity index (χ1v) is 9.64. The maximum Gasteiger partial charge on any atom is 0.254 e. The van der Waals surface area contributed by atoms with Crippen LogP contribution in [-0.4, -0.2) is 48.4 Å². The van der Waals surface area contributed by atoms with Gasteiger partial charge in [-0.15, -0.1) is 0 Å². The van der Waals surface area contributed by atoms with E-state index in [0.717, 1.165) is 5.56 Å². The van der Waals surface area contributed by atoms with Gasteiger partial charge in [-0.2, -0.15) is 10.0 Å². The molecule has 0 aliphatic carbocycles. The molecule has 4 nitrogen and oxygen atoms in total. The zero-order chi connectivity index (χ0) is 15.7. The van der Waals surface area contributed by atoms with Crippen molar-refractivity contribution in [3.8, 4) is 11.2 Å². The number of ether oxygens (including phenoxy) is 1. The van der Waals surface area contributed by atoms with Crippen LogP contribution in [0.1, 0.15) is 19.4 Å². The Morgan fingerprint density at radius 2 is 2.05 bits per heavy atom. The van der Waals surface area contributed by atoms with Gasteiger partial charge in [0.1, 0.15) is 12.4 Å². The van der Waals surface area contributed by atoms with Crippen molar-refractivity contribution in [3.05, 3.63) is 23.9 Å². The van der Waals surface area contributed by atoms with Crippen molar-refractivity contribution in [2.24, 2.45) is 0 Å².